The molecule has 272 valence electrons. The van der Waals surface area contributed by atoms with Crippen molar-refractivity contribution in [3.8, 4) is 45.3 Å². The fourth-order valence-corrected chi connectivity index (χ4v) is 8.96. The molecule has 1 unspecified atom stereocenters. The van der Waals surface area contributed by atoms with E-state index in [0.717, 1.165) is 100 Å². The van der Waals surface area contributed by atoms with Crippen molar-refractivity contribution in [2.45, 2.75) is 12.3 Å². The largest absolute Gasteiger partial charge is 0.460 e. The number of allylic oxidation sites excluding steroid dienone is 1. The van der Waals surface area contributed by atoms with Gasteiger partial charge in [-0.2, -0.15) is 0 Å². The second-order valence-electron chi connectivity index (χ2n) is 15.0. The average molecular weight is 744 g/mol. The first kappa shape index (κ1) is 32.6. The zero-order valence-electron chi connectivity index (χ0n) is 31.3. The molecule has 0 fully saturated rings. The maximum absolute atomic E-state index is 6.61. The van der Waals surface area contributed by atoms with Crippen LogP contribution in [0.25, 0.3) is 106 Å². The van der Waals surface area contributed by atoms with Gasteiger partial charge in [0.1, 0.15) is 22.5 Å². The number of hydrogen-bond acceptors (Lipinski definition) is 5. The molecule has 0 saturated heterocycles. The van der Waals surface area contributed by atoms with Crippen molar-refractivity contribution in [1.29, 1.82) is 0 Å². The zero-order valence-corrected chi connectivity index (χ0v) is 31.3. The SMILES string of the molecule is C1=CC(c2ccccc2)Cc2oc3cccc(-c4cccc5c(-c6nc(-c7ccc8ccccc8c7)nc(-c7cccc8oc9ccccc9c78)n6)cccc45)c3c21. The van der Waals surface area contributed by atoms with Gasteiger partial charge in [0.15, 0.2) is 17.5 Å². The van der Waals surface area contributed by atoms with Crippen LogP contribution in [-0.2, 0) is 6.42 Å². The topological polar surface area (TPSA) is 65.0 Å². The number of para-hydroxylation sites is 1. The van der Waals surface area contributed by atoms with Crippen LogP contribution in [-0.4, -0.2) is 15.0 Å². The summed E-state index contributed by atoms with van der Waals surface area (Å²) in [4.78, 5) is 15.7. The number of rotatable bonds is 5. The molecular formula is C53H33N3O2. The first-order chi connectivity index (χ1) is 28.7. The van der Waals surface area contributed by atoms with Crippen molar-refractivity contribution in [3.63, 3.8) is 0 Å². The van der Waals surface area contributed by atoms with Gasteiger partial charge in [-0.1, -0.05) is 158 Å². The van der Waals surface area contributed by atoms with Crippen LogP contribution in [0.5, 0.6) is 0 Å². The van der Waals surface area contributed by atoms with Crippen molar-refractivity contribution in [1.82, 2.24) is 15.0 Å². The molecular weight excluding hydrogens is 711 g/mol. The Morgan fingerprint density at radius 1 is 0.431 bits per heavy atom. The van der Waals surface area contributed by atoms with Crippen molar-refractivity contribution in [2.75, 3.05) is 0 Å². The third-order valence-electron chi connectivity index (χ3n) is 11.7. The fourth-order valence-electron chi connectivity index (χ4n) is 8.96. The Morgan fingerprint density at radius 3 is 1.91 bits per heavy atom. The predicted octanol–water partition coefficient (Wildman–Crippen LogP) is 13.8. The Kier molecular flexibility index (Phi) is 7.29. The van der Waals surface area contributed by atoms with Crippen molar-refractivity contribution in [3.05, 3.63) is 193 Å². The number of benzene rings is 8. The summed E-state index contributed by atoms with van der Waals surface area (Å²) in [5.41, 5.74) is 10.0. The maximum Gasteiger partial charge on any atom is 0.164 e. The van der Waals surface area contributed by atoms with Gasteiger partial charge in [-0.15, -0.1) is 0 Å². The molecule has 11 aromatic rings. The molecule has 3 heterocycles. The summed E-state index contributed by atoms with van der Waals surface area (Å²) in [5.74, 6) is 3.11. The van der Waals surface area contributed by atoms with Crippen LogP contribution >= 0.6 is 0 Å². The molecule has 0 N–H and O–H groups in total. The highest BCUT2D eigenvalue weighted by molar-refractivity contribution is 6.13. The second kappa shape index (κ2) is 13.0. The van der Waals surface area contributed by atoms with E-state index in [1.165, 1.54) is 5.56 Å². The molecule has 1 aliphatic rings. The molecule has 0 aliphatic heterocycles. The molecule has 0 spiro atoms. The molecule has 1 aliphatic carbocycles. The van der Waals surface area contributed by atoms with Gasteiger partial charge in [-0.25, -0.2) is 15.0 Å². The minimum atomic E-state index is 0.279. The maximum atomic E-state index is 6.61. The number of fused-ring (bicyclic) bond motifs is 8. The van der Waals surface area contributed by atoms with E-state index in [0.29, 0.717) is 17.5 Å². The van der Waals surface area contributed by atoms with E-state index >= 15 is 0 Å². The highest BCUT2D eigenvalue weighted by Gasteiger charge is 2.25. The summed E-state index contributed by atoms with van der Waals surface area (Å²) in [6.45, 7) is 0. The lowest BCUT2D eigenvalue weighted by molar-refractivity contribution is 0.532. The van der Waals surface area contributed by atoms with Gasteiger partial charge < -0.3 is 8.83 Å². The predicted molar refractivity (Wildman–Crippen MR) is 236 cm³/mol. The first-order valence-corrected chi connectivity index (χ1v) is 19.7. The standard InChI is InChI=1S/C53H33N3O2/c1-2-12-32(13-3-1)35-28-29-43-48(31-35)58-46-24-10-20-40(49(43)46)38-18-8-19-39-37(38)17-9-21-41(39)52-54-51(36-27-26-33-14-4-5-15-34(33)30-36)55-53(56-52)44-22-11-25-47-50(44)42-16-6-7-23-45(42)57-47/h1-30,35H,31H2. The van der Waals surface area contributed by atoms with Crippen LogP contribution in [0.3, 0.4) is 0 Å². The Morgan fingerprint density at radius 2 is 1.05 bits per heavy atom. The van der Waals surface area contributed by atoms with E-state index in [9.17, 15) is 0 Å². The van der Waals surface area contributed by atoms with E-state index in [-0.39, 0.29) is 5.92 Å². The van der Waals surface area contributed by atoms with Gasteiger partial charge in [0.25, 0.3) is 0 Å². The van der Waals surface area contributed by atoms with Gasteiger partial charge in [0.05, 0.1) is 0 Å². The molecule has 5 nitrogen and oxygen atoms in total. The monoisotopic (exact) mass is 743 g/mol. The molecule has 0 amide bonds. The molecule has 0 radical (unpaired) electrons. The summed E-state index contributed by atoms with van der Waals surface area (Å²) in [6, 6.07) is 59.0. The molecule has 5 heteroatoms. The number of hydrogen-bond donors (Lipinski definition) is 0. The summed E-state index contributed by atoms with van der Waals surface area (Å²) in [6.07, 6.45) is 5.41. The Labute approximate surface area is 333 Å². The lowest BCUT2D eigenvalue weighted by atomic mass is 9.86. The molecule has 0 bridgehead atoms. The van der Waals surface area contributed by atoms with Crippen LogP contribution in [0.1, 0.15) is 22.8 Å². The van der Waals surface area contributed by atoms with Gasteiger partial charge >= 0.3 is 0 Å². The normalized spacial score (nSPS) is 13.9. The quantitative estimate of drug-likeness (QED) is 0.176. The minimum absolute atomic E-state index is 0.279. The highest BCUT2D eigenvalue weighted by Crippen LogP contribution is 2.44. The van der Waals surface area contributed by atoms with Gasteiger partial charge in [0.2, 0.25) is 0 Å². The van der Waals surface area contributed by atoms with Gasteiger partial charge in [-0.05, 0) is 62.5 Å². The number of aromatic nitrogens is 3. The van der Waals surface area contributed by atoms with Crippen molar-refractivity contribution < 1.29 is 8.83 Å². The van der Waals surface area contributed by atoms with E-state index in [1.54, 1.807) is 0 Å². The second-order valence-corrected chi connectivity index (χ2v) is 15.0. The van der Waals surface area contributed by atoms with Crippen LogP contribution in [0.15, 0.2) is 185 Å². The zero-order chi connectivity index (χ0) is 38.2. The van der Waals surface area contributed by atoms with E-state index in [1.807, 2.05) is 30.3 Å². The molecule has 12 rings (SSSR count). The van der Waals surface area contributed by atoms with Crippen LogP contribution < -0.4 is 0 Å². The summed E-state index contributed by atoms with van der Waals surface area (Å²) >= 11 is 0. The fraction of sp³-hybridized carbons (Fsp3) is 0.0377. The van der Waals surface area contributed by atoms with E-state index in [4.69, 9.17) is 23.8 Å². The summed E-state index contributed by atoms with van der Waals surface area (Å²) in [5, 5.41) is 7.61. The number of nitrogens with zero attached hydrogens (tertiary/aromatic N) is 3. The van der Waals surface area contributed by atoms with Crippen LogP contribution in [0, 0.1) is 0 Å². The third-order valence-corrected chi connectivity index (χ3v) is 11.7. The molecule has 0 saturated carbocycles. The Hall–Kier alpha value is -7.63. The molecule has 8 aromatic carbocycles. The first-order valence-electron chi connectivity index (χ1n) is 19.7. The molecule has 1 atom stereocenters. The molecule has 3 aromatic heterocycles. The van der Waals surface area contributed by atoms with Crippen molar-refractivity contribution in [2.24, 2.45) is 0 Å². The molecule has 58 heavy (non-hydrogen) atoms. The van der Waals surface area contributed by atoms with Crippen molar-refractivity contribution >= 4 is 60.5 Å². The Balaban J connectivity index is 1.05. The summed E-state index contributed by atoms with van der Waals surface area (Å²) < 4.78 is 12.9. The number of furan rings is 2. The minimum Gasteiger partial charge on any atom is -0.460 e. The third kappa shape index (κ3) is 5.21. The van der Waals surface area contributed by atoms with Crippen LogP contribution in [0.2, 0.25) is 0 Å². The van der Waals surface area contributed by atoms with Gasteiger partial charge in [0, 0.05) is 50.8 Å². The average Bonchev–Trinajstić information content (AvgIpc) is 3.87. The van der Waals surface area contributed by atoms with Crippen LogP contribution in [0.4, 0.5) is 0 Å². The smallest absolute Gasteiger partial charge is 0.164 e. The van der Waals surface area contributed by atoms with E-state index < -0.39 is 0 Å². The summed E-state index contributed by atoms with van der Waals surface area (Å²) in [7, 11) is 0. The lowest BCUT2D eigenvalue weighted by Gasteiger charge is -2.17. The Bertz CT molecular complexity index is 3450. The highest BCUT2D eigenvalue weighted by atomic mass is 16.3. The van der Waals surface area contributed by atoms with Gasteiger partial charge in [-0.3, -0.25) is 0 Å². The lowest BCUT2D eigenvalue weighted by Crippen LogP contribution is -2.03. The van der Waals surface area contributed by atoms with E-state index in [2.05, 4.69) is 152 Å².